The highest BCUT2D eigenvalue weighted by atomic mass is 16.2. The number of benzene rings is 1. The third-order valence-electron chi connectivity index (χ3n) is 3.47. The van der Waals surface area contributed by atoms with E-state index in [4.69, 9.17) is 0 Å². The van der Waals surface area contributed by atoms with Crippen molar-refractivity contribution in [3.05, 3.63) is 35.4 Å². The van der Waals surface area contributed by atoms with Crippen molar-refractivity contribution in [3.63, 3.8) is 0 Å². The van der Waals surface area contributed by atoms with E-state index < -0.39 is 0 Å². The Kier molecular flexibility index (Phi) is 6.37. The fourth-order valence-corrected chi connectivity index (χ4v) is 2.12. The standard InChI is InChI=1S/C16H25N3O2/c1-12-6-8-13(9-7-12)15(18(3)4)16(21)19(5)11-10-14(20)17-2/h6-9,15H,10-11H2,1-5H3,(H,17,20). The summed E-state index contributed by atoms with van der Waals surface area (Å²) in [5, 5.41) is 2.56. The molecule has 0 aliphatic carbocycles. The Hall–Kier alpha value is -1.88. The first-order chi connectivity index (χ1) is 9.86. The van der Waals surface area contributed by atoms with Crippen LogP contribution in [-0.4, -0.2) is 56.3 Å². The molecule has 0 saturated heterocycles. The first kappa shape index (κ1) is 17.2. The van der Waals surface area contributed by atoms with Crippen molar-refractivity contribution < 1.29 is 9.59 Å². The Labute approximate surface area is 126 Å². The highest BCUT2D eigenvalue weighted by molar-refractivity contribution is 5.84. The van der Waals surface area contributed by atoms with Gasteiger partial charge in [-0.15, -0.1) is 0 Å². The molecule has 1 atom stereocenters. The van der Waals surface area contributed by atoms with Gasteiger partial charge >= 0.3 is 0 Å². The van der Waals surface area contributed by atoms with Crippen molar-refractivity contribution >= 4 is 11.8 Å². The Bertz CT molecular complexity index is 483. The van der Waals surface area contributed by atoms with Crippen molar-refractivity contribution in [2.24, 2.45) is 0 Å². The average molecular weight is 291 g/mol. The van der Waals surface area contributed by atoms with Crippen molar-refractivity contribution in [1.82, 2.24) is 15.1 Å². The second kappa shape index (κ2) is 7.78. The number of nitrogens with one attached hydrogen (secondary N) is 1. The van der Waals surface area contributed by atoms with E-state index in [2.05, 4.69) is 5.32 Å². The zero-order chi connectivity index (χ0) is 16.0. The van der Waals surface area contributed by atoms with Crippen LogP contribution in [0.3, 0.4) is 0 Å². The minimum atomic E-state index is -0.333. The first-order valence-electron chi connectivity index (χ1n) is 7.05. The van der Waals surface area contributed by atoms with Gasteiger partial charge in [0.05, 0.1) is 0 Å². The van der Waals surface area contributed by atoms with Crippen LogP contribution in [0.1, 0.15) is 23.6 Å². The summed E-state index contributed by atoms with van der Waals surface area (Å²) in [7, 11) is 7.10. The highest BCUT2D eigenvalue weighted by Crippen LogP contribution is 2.21. The summed E-state index contributed by atoms with van der Waals surface area (Å²) in [5.41, 5.74) is 2.12. The molecule has 2 amide bonds. The summed E-state index contributed by atoms with van der Waals surface area (Å²) in [6.45, 7) is 2.43. The third kappa shape index (κ3) is 4.86. The fourth-order valence-electron chi connectivity index (χ4n) is 2.12. The van der Waals surface area contributed by atoms with E-state index in [9.17, 15) is 9.59 Å². The largest absolute Gasteiger partial charge is 0.359 e. The number of nitrogens with zero attached hydrogens (tertiary/aromatic N) is 2. The molecular weight excluding hydrogens is 266 g/mol. The van der Waals surface area contributed by atoms with E-state index in [0.717, 1.165) is 11.1 Å². The van der Waals surface area contributed by atoms with Crippen molar-refractivity contribution in [2.75, 3.05) is 34.7 Å². The predicted molar refractivity (Wildman–Crippen MR) is 83.9 cm³/mol. The maximum absolute atomic E-state index is 12.6. The number of carbonyl (C=O) groups excluding carboxylic acids is 2. The first-order valence-corrected chi connectivity index (χ1v) is 7.05. The lowest BCUT2D eigenvalue weighted by Gasteiger charge is -2.28. The molecule has 0 aliphatic rings. The lowest BCUT2D eigenvalue weighted by molar-refractivity contribution is -0.135. The van der Waals surface area contributed by atoms with E-state index >= 15 is 0 Å². The van der Waals surface area contributed by atoms with Crippen LogP contribution in [0.2, 0.25) is 0 Å². The molecule has 1 unspecified atom stereocenters. The molecule has 0 saturated carbocycles. The van der Waals surface area contributed by atoms with Crippen molar-refractivity contribution in [2.45, 2.75) is 19.4 Å². The predicted octanol–water partition coefficient (Wildman–Crippen LogP) is 1.19. The monoisotopic (exact) mass is 291 g/mol. The molecule has 0 fully saturated rings. The van der Waals surface area contributed by atoms with Gasteiger partial charge in [-0.1, -0.05) is 29.8 Å². The van der Waals surface area contributed by atoms with Crippen LogP contribution in [-0.2, 0) is 9.59 Å². The maximum Gasteiger partial charge on any atom is 0.244 e. The van der Waals surface area contributed by atoms with E-state index in [0.29, 0.717) is 13.0 Å². The molecule has 1 N–H and O–H groups in total. The maximum atomic E-state index is 12.6. The minimum Gasteiger partial charge on any atom is -0.359 e. The van der Waals surface area contributed by atoms with Crippen LogP contribution in [0.15, 0.2) is 24.3 Å². The Morgan fingerprint density at radius 2 is 1.71 bits per heavy atom. The summed E-state index contributed by atoms with van der Waals surface area (Å²) in [4.78, 5) is 27.4. The van der Waals surface area contributed by atoms with Gasteiger partial charge in [-0.2, -0.15) is 0 Å². The minimum absolute atomic E-state index is 0.00671. The van der Waals surface area contributed by atoms with Crippen LogP contribution in [0, 0.1) is 6.92 Å². The molecule has 1 aromatic carbocycles. The molecule has 0 aliphatic heterocycles. The van der Waals surface area contributed by atoms with Gasteiger partial charge in [-0.25, -0.2) is 0 Å². The van der Waals surface area contributed by atoms with Gasteiger partial charge in [0.15, 0.2) is 0 Å². The zero-order valence-electron chi connectivity index (χ0n) is 13.5. The number of likely N-dealkylation sites (N-methyl/N-ethyl adjacent to an activating group) is 2. The molecule has 1 rings (SSSR count). The number of aryl methyl sites for hydroxylation is 1. The van der Waals surface area contributed by atoms with E-state index in [1.807, 2.05) is 50.2 Å². The molecule has 1 aromatic rings. The van der Waals surface area contributed by atoms with Crippen LogP contribution in [0.5, 0.6) is 0 Å². The fraction of sp³-hybridized carbons (Fsp3) is 0.500. The molecule has 5 heteroatoms. The van der Waals surface area contributed by atoms with Crippen molar-refractivity contribution in [3.8, 4) is 0 Å². The van der Waals surface area contributed by atoms with E-state index in [-0.39, 0.29) is 17.9 Å². The molecule has 116 valence electrons. The smallest absolute Gasteiger partial charge is 0.244 e. The quantitative estimate of drug-likeness (QED) is 0.856. The molecule has 0 bridgehead atoms. The molecule has 0 aromatic heterocycles. The van der Waals surface area contributed by atoms with Gasteiger partial charge < -0.3 is 10.2 Å². The number of hydrogen-bond donors (Lipinski definition) is 1. The number of amides is 2. The SMILES string of the molecule is CNC(=O)CCN(C)C(=O)C(c1ccc(C)cc1)N(C)C. The molecule has 5 nitrogen and oxygen atoms in total. The Morgan fingerprint density at radius 1 is 1.14 bits per heavy atom. The summed E-state index contributed by atoms with van der Waals surface area (Å²) in [6.07, 6.45) is 0.312. The molecule has 0 radical (unpaired) electrons. The molecule has 0 spiro atoms. The van der Waals surface area contributed by atoms with Gasteiger partial charge in [0.25, 0.3) is 0 Å². The van der Waals surface area contributed by atoms with E-state index in [1.165, 1.54) is 0 Å². The second-order valence-electron chi connectivity index (χ2n) is 5.46. The summed E-state index contributed by atoms with van der Waals surface area (Å²) >= 11 is 0. The summed E-state index contributed by atoms with van der Waals surface area (Å²) in [5.74, 6) is -0.0702. The van der Waals surface area contributed by atoms with Crippen LogP contribution in [0.4, 0.5) is 0 Å². The third-order valence-corrected chi connectivity index (χ3v) is 3.47. The number of hydrogen-bond acceptors (Lipinski definition) is 3. The van der Waals surface area contributed by atoms with Gasteiger partial charge in [-0.3, -0.25) is 14.5 Å². The van der Waals surface area contributed by atoms with Crippen molar-refractivity contribution in [1.29, 1.82) is 0 Å². The Balaban J connectivity index is 2.82. The lowest BCUT2D eigenvalue weighted by Crippen LogP contribution is -2.39. The lowest BCUT2D eigenvalue weighted by atomic mass is 10.0. The van der Waals surface area contributed by atoms with Crippen LogP contribution < -0.4 is 5.32 Å². The Morgan fingerprint density at radius 3 is 2.19 bits per heavy atom. The van der Waals surface area contributed by atoms with Crippen LogP contribution >= 0.6 is 0 Å². The summed E-state index contributed by atoms with van der Waals surface area (Å²) < 4.78 is 0. The van der Waals surface area contributed by atoms with E-state index in [1.54, 1.807) is 19.0 Å². The average Bonchev–Trinajstić information content (AvgIpc) is 2.46. The second-order valence-corrected chi connectivity index (χ2v) is 5.46. The summed E-state index contributed by atoms with van der Waals surface area (Å²) in [6, 6.07) is 7.63. The number of carbonyl (C=O) groups is 2. The number of rotatable bonds is 6. The van der Waals surface area contributed by atoms with Gasteiger partial charge in [-0.05, 0) is 26.6 Å². The molecule has 0 heterocycles. The van der Waals surface area contributed by atoms with Gasteiger partial charge in [0.1, 0.15) is 6.04 Å². The van der Waals surface area contributed by atoms with Crippen LogP contribution in [0.25, 0.3) is 0 Å². The molecule has 21 heavy (non-hydrogen) atoms. The van der Waals surface area contributed by atoms with Gasteiger partial charge in [0, 0.05) is 27.1 Å². The normalized spacial score (nSPS) is 12.1. The topological polar surface area (TPSA) is 52.7 Å². The molecular formula is C16H25N3O2. The zero-order valence-corrected chi connectivity index (χ0v) is 13.5. The highest BCUT2D eigenvalue weighted by Gasteiger charge is 2.25. The van der Waals surface area contributed by atoms with Gasteiger partial charge in [0.2, 0.25) is 11.8 Å².